The molecule has 2 atom stereocenters. The van der Waals surface area contributed by atoms with Gasteiger partial charge in [0.1, 0.15) is 11.9 Å². The number of aromatic nitrogens is 2. The molecule has 3 N–H and O–H groups in total. The molecule has 1 aliphatic rings. The van der Waals surface area contributed by atoms with Crippen molar-refractivity contribution in [3.63, 3.8) is 0 Å². The Labute approximate surface area is 138 Å². The molecule has 2 rings (SSSR count). The number of rotatable bonds is 4. The van der Waals surface area contributed by atoms with Crippen molar-refractivity contribution in [2.45, 2.75) is 31.6 Å². The fraction of sp³-hybridized carbons (Fsp3) is 0.643. The molecular formula is C14H21F3N6O. The van der Waals surface area contributed by atoms with Crippen molar-refractivity contribution in [2.24, 2.45) is 5.73 Å². The summed E-state index contributed by atoms with van der Waals surface area (Å²) >= 11 is 0. The molecular weight excluding hydrogens is 325 g/mol. The van der Waals surface area contributed by atoms with Gasteiger partial charge in [-0.05, 0) is 13.3 Å². The van der Waals surface area contributed by atoms with E-state index in [4.69, 9.17) is 5.73 Å². The Balaban J connectivity index is 2.45. The lowest BCUT2D eigenvalue weighted by Crippen LogP contribution is -2.43. The second-order valence-electron chi connectivity index (χ2n) is 5.86. The maximum absolute atomic E-state index is 13.1. The molecule has 0 radical (unpaired) electrons. The summed E-state index contributed by atoms with van der Waals surface area (Å²) in [6, 6.07) is -0.104. The van der Waals surface area contributed by atoms with Gasteiger partial charge < -0.3 is 20.9 Å². The summed E-state index contributed by atoms with van der Waals surface area (Å²) in [5, 5.41) is 2.68. The molecule has 1 saturated heterocycles. The van der Waals surface area contributed by atoms with E-state index in [0.29, 0.717) is 13.0 Å². The van der Waals surface area contributed by atoms with Crippen LogP contribution in [-0.4, -0.2) is 55.1 Å². The zero-order valence-electron chi connectivity index (χ0n) is 13.8. The fourth-order valence-corrected chi connectivity index (χ4v) is 2.58. The lowest BCUT2D eigenvalue weighted by Gasteiger charge is -2.26. The van der Waals surface area contributed by atoms with Crippen molar-refractivity contribution >= 4 is 17.7 Å². The summed E-state index contributed by atoms with van der Waals surface area (Å²) in [5.74, 6) is -0.302. The largest absolute Gasteiger partial charge is 0.433 e. The second-order valence-corrected chi connectivity index (χ2v) is 5.86. The normalized spacial score (nSPS) is 21.0. The highest BCUT2D eigenvalue weighted by Crippen LogP contribution is 2.33. The van der Waals surface area contributed by atoms with Crippen molar-refractivity contribution in [2.75, 3.05) is 37.0 Å². The zero-order valence-corrected chi connectivity index (χ0v) is 13.8. The maximum atomic E-state index is 13.1. The number of likely N-dealkylation sites (N-methyl/N-ethyl adjacent to an activating group) is 1. The van der Waals surface area contributed by atoms with Crippen LogP contribution in [0.15, 0.2) is 6.07 Å². The van der Waals surface area contributed by atoms with Crippen LogP contribution in [0.4, 0.5) is 24.9 Å². The van der Waals surface area contributed by atoms with Crippen LogP contribution in [0.1, 0.15) is 19.0 Å². The first kappa shape index (κ1) is 18.2. The van der Waals surface area contributed by atoms with Crippen molar-refractivity contribution in [1.29, 1.82) is 0 Å². The van der Waals surface area contributed by atoms with Crippen LogP contribution >= 0.6 is 0 Å². The van der Waals surface area contributed by atoms with Crippen LogP contribution in [-0.2, 0) is 11.0 Å². The summed E-state index contributed by atoms with van der Waals surface area (Å²) in [7, 11) is 3.10. The highest BCUT2D eigenvalue weighted by molar-refractivity contribution is 5.85. The van der Waals surface area contributed by atoms with E-state index in [1.165, 1.54) is 9.80 Å². The summed E-state index contributed by atoms with van der Waals surface area (Å²) in [6.45, 7) is 2.45. The van der Waals surface area contributed by atoms with E-state index in [1.807, 2.05) is 0 Å². The lowest BCUT2D eigenvalue weighted by atomic mass is 10.1. The van der Waals surface area contributed by atoms with E-state index < -0.39 is 17.9 Å². The van der Waals surface area contributed by atoms with Crippen LogP contribution in [0.2, 0.25) is 0 Å². The molecule has 1 fully saturated rings. The van der Waals surface area contributed by atoms with Gasteiger partial charge in [-0.1, -0.05) is 0 Å². The summed E-state index contributed by atoms with van der Waals surface area (Å²) in [5.41, 5.74) is 4.86. The molecule has 1 aliphatic heterocycles. The van der Waals surface area contributed by atoms with Gasteiger partial charge in [0.05, 0.1) is 0 Å². The molecule has 1 aromatic rings. The molecule has 1 aromatic heterocycles. The minimum absolute atomic E-state index is 0.0465. The van der Waals surface area contributed by atoms with Crippen LogP contribution in [0, 0.1) is 0 Å². The van der Waals surface area contributed by atoms with Crippen molar-refractivity contribution in [3.05, 3.63) is 11.8 Å². The molecule has 0 aromatic carbocycles. The highest BCUT2D eigenvalue weighted by atomic mass is 19.4. The fourth-order valence-electron chi connectivity index (χ4n) is 2.58. The van der Waals surface area contributed by atoms with Gasteiger partial charge in [0.25, 0.3) is 0 Å². The minimum atomic E-state index is -4.61. The Morgan fingerprint density at radius 3 is 2.67 bits per heavy atom. The second kappa shape index (κ2) is 6.80. The number of alkyl halides is 3. The van der Waals surface area contributed by atoms with Gasteiger partial charge in [0.2, 0.25) is 11.9 Å². The smallest absolute Gasteiger partial charge is 0.355 e. The third kappa shape index (κ3) is 3.86. The van der Waals surface area contributed by atoms with Crippen LogP contribution < -0.4 is 20.9 Å². The van der Waals surface area contributed by atoms with Crippen LogP contribution in [0.3, 0.4) is 0 Å². The average molecular weight is 346 g/mol. The van der Waals surface area contributed by atoms with Crippen molar-refractivity contribution in [3.8, 4) is 0 Å². The Kier molecular flexibility index (Phi) is 5.16. The van der Waals surface area contributed by atoms with Gasteiger partial charge in [-0.3, -0.25) is 4.79 Å². The van der Waals surface area contributed by atoms with E-state index in [9.17, 15) is 18.0 Å². The van der Waals surface area contributed by atoms with Gasteiger partial charge in [0.15, 0.2) is 5.69 Å². The third-order valence-corrected chi connectivity index (χ3v) is 3.67. The molecule has 10 heteroatoms. The number of nitrogens with zero attached hydrogens (tertiary/aromatic N) is 4. The molecule has 0 saturated carbocycles. The van der Waals surface area contributed by atoms with E-state index in [-0.39, 0.29) is 30.3 Å². The molecule has 2 heterocycles. The first-order valence-corrected chi connectivity index (χ1v) is 7.57. The molecule has 0 bridgehead atoms. The van der Waals surface area contributed by atoms with Gasteiger partial charge in [-0.25, -0.2) is 4.98 Å². The van der Waals surface area contributed by atoms with Gasteiger partial charge >= 0.3 is 6.18 Å². The number of anilines is 2. The first-order valence-electron chi connectivity index (χ1n) is 7.57. The Bertz CT molecular complexity index is 607. The first-order chi connectivity index (χ1) is 11.1. The third-order valence-electron chi connectivity index (χ3n) is 3.67. The minimum Gasteiger partial charge on any atom is -0.355 e. The number of amides is 1. The van der Waals surface area contributed by atoms with Crippen molar-refractivity contribution < 1.29 is 18.0 Å². The molecule has 7 nitrogen and oxygen atoms in total. The Hall–Kier alpha value is -2.10. The van der Waals surface area contributed by atoms with Crippen LogP contribution in [0.25, 0.3) is 0 Å². The predicted molar refractivity (Wildman–Crippen MR) is 83.8 cm³/mol. The number of nitrogens with one attached hydrogen (secondary N) is 1. The topological polar surface area (TPSA) is 87.4 Å². The van der Waals surface area contributed by atoms with E-state index in [2.05, 4.69) is 15.3 Å². The summed E-state index contributed by atoms with van der Waals surface area (Å²) in [4.78, 5) is 22.8. The molecule has 134 valence electrons. The standard InChI is InChI=1S/C14H21F3N6O/c1-4-19-12(24)9-5-8(18)7-23(9)11-6-10(14(15,16)17)20-13(21-11)22(2)3/h6,8-9H,4-5,7,18H2,1-3H3,(H,19,24)/t8-,9-/m0/s1. The average Bonchev–Trinajstić information content (AvgIpc) is 2.88. The zero-order chi connectivity index (χ0) is 18.1. The summed E-state index contributed by atoms with van der Waals surface area (Å²) in [6.07, 6.45) is -4.25. The highest BCUT2D eigenvalue weighted by Gasteiger charge is 2.39. The monoisotopic (exact) mass is 346 g/mol. The molecule has 0 spiro atoms. The maximum Gasteiger partial charge on any atom is 0.433 e. The Morgan fingerprint density at radius 1 is 1.46 bits per heavy atom. The summed E-state index contributed by atoms with van der Waals surface area (Å²) < 4.78 is 39.4. The molecule has 0 aliphatic carbocycles. The number of carbonyl (C=O) groups excluding carboxylic acids is 1. The predicted octanol–water partition coefficient (Wildman–Crippen LogP) is 0.604. The van der Waals surface area contributed by atoms with Crippen LogP contribution in [0.5, 0.6) is 0 Å². The molecule has 0 unspecified atom stereocenters. The van der Waals surface area contributed by atoms with Gasteiger partial charge in [-0.15, -0.1) is 0 Å². The van der Waals surface area contributed by atoms with Gasteiger partial charge in [0, 0.05) is 39.3 Å². The number of hydrogen-bond donors (Lipinski definition) is 2. The number of carbonyl (C=O) groups is 1. The van der Waals surface area contributed by atoms with Gasteiger partial charge in [-0.2, -0.15) is 18.2 Å². The SMILES string of the molecule is CCNC(=O)[C@@H]1C[C@H](N)CN1c1cc(C(F)(F)F)nc(N(C)C)n1. The Morgan fingerprint density at radius 2 is 2.12 bits per heavy atom. The lowest BCUT2D eigenvalue weighted by molar-refractivity contribution is -0.141. The van der Waals surface area contributed by atoms with E-state index in [0.717, 1.165) is 6.07 Å². The quantitative estimate of drug-likeness (QED) is 0.830. The van der Waals surface area contributed by atoms with E-state index >= 15 is 0 Å². The number of halogens is 3. The molecule has 1 amide bonds. The van der Waals surface area contributed by atoms with Crippen molar-refractivity contribution in [1.82, 2.24) is 15.3 Å². The number of nitrogens with two attached hydrogens (primary N) is 1. The van der Waals surface area contributed by atoms with E-state index in [1.54, 1.807) is 21.0 Å². The molecule has 24 heavy (non-hydrogen) atoms. The number of hydrogen-bond acceptors (Lipinski definition) is 6.